The minimum atomic E-state index is -0.794. The summed E-state index contributed by atoms with van der Waals surface area (Å²) in [5.74, 6) is 0. The smallest absolute Gasteiger partial charge is 0.348 e. The molecule has 0 aliphatic rings. The van der Waals surface area contributed by atoms with Gasteiger partial charge in [0.2, 0.25) is 0 Å². The zero-order valence-electron chi connectivity index (χ0n) is 8.62. The van der Waals surface area contributed by atoms with Crippen LogP contribution in [0.2, 0.25) is 0 Å². The maximum Gasteiger partial charge on any atom is 0.348 e. The van der Waals surface area contributed by atoms with Crippen molar-refractivity contribution in [3.05, 3.63) is 45.8 Å². The molecule has 0 fully saturated rings. The van der Waals surface area contributed by atoms with Gasteiger partial charge in [0, 0.05) is 5.39 Å². The number of hydrogen-bond acceptors (Lipinski definition) is 3. The third-order valence-corrected chi connectivity index (χ3v) is 2.62. The van der Waals surface area contributed by atoms with Crippen molar-refractivity contribution >= 4 is 27.8 Å². The van der Waals surface area contributed by atoms with Crippen molar-refractivity contribution in [2.24, 2.45) is 0 Å². The Morgan fingerprint density at radius 2 is 2.12 bits per heavy atom. The normalized spacial score (nSPS) is 10.6. The molecule has 0 atom stereocenters. The minimum Gasteiger partial charge on any atom is -0.422 e. The van der Waals surface area contributed by atoms with Gasteiger partial charge in [0.05, 0.1) is 0 Å². The van der Waals surface area contributed by atoms with Crippen molar-refractivity contribution in [1.82, 2.24) is 0 Å². The lowest BCUT2D eigenvalue weighted by Crippen LogP contribution is -2.09. The maximum absolute atomic E-state index is 11.4. The van der Waals surface area contributed by atoms with Gasteiger partial charge in [-0.15, -0.1) is 0 Å². The second-order valence-corrected chi connectivity index (χ2v) is 3.79. The molecule has 16 heavy (non-hydrogen) atoms. The average Bonchev–Trinajstić information content (AvgIpc) is 2.27. The van der Waals surface area contributed by atoms with Crippen LogP contribution in [-0.2, 0) is 6.42 Å². The molecule has 0 radical (unpaired) electrons. The largest absolute Gasteiger partial charge is 0.422 e. The van der Waals surface area contributed by atoms with E-state index in [0.29, 0.717) is 11.0 Å². The quantitative estimate of drug-likeness (QED) is 0.595. The van der Waals surface area contributed by atoms with Crippen LogP contribution in [0.1, 0.15) is 22.8 Å². The number of carbonyl (C=O) groups is 1. The molecule has 2 aromatic rings. The van der Waals surface area contributed by atoms with Crippen LogP contribution in [0.25, 0.3) is 11.0 Å². The zero-order valence-corrected chi connectivity index (χ0v) is 9.38. The summed E-state index contributed by atoms with van der Waals surface area (Å²) in [6.07, 6.45) is 0.874. The summed E-state index contributed by atoms with van der Waals surface area (Å²) in [5, 5.41) is -0.0829. The van der Waals surface area contributed by atoms with Crippen LogP contribution >= 0.6 is 11.6 Å². The van der Waals surface area contributed by atoms with Crippen LogP contribution in [0, 0.1) is 0 Å². The molecule has 4 heteroatoms. The molecule has 1 aromatic heterocycles. The summed E-state index contributed by atoms with van der Waals surface area (Å²) >= 11 is 5.28. The van der Waals surface area contributed by atoms with Crippen LogP contribution in [-0.4, -0.2) is 5.24 Å². The number of aryl methyl sites for hydroxylation is 1. The van der Waals surface area contributed by atoms with Gasteiger partial charge < -0.3 is 4.42 Å². The molecule has 2 rings (SSSR count). The Labute approximate surface area is 96.6 Å². The number of halogens is 1. The topological polar surface area (TPSA) is 47.3 Å². The predicted octanol–water partition coefficient (Wildman–Crippen LogP) is 2.73. The molecule has 1 heterocycles. The van der Waals surface area contributed by atoms with Crippen molar-refractivity contribution in [2.45, 2.75) is 13.3 Å². The first-order chi connectivity index (χ1) is 7.61. The molecule has 0 saturated heterocycles. The molecule has 0 amide bonds. The van der Waals surface area contributed by atoms with Crippen molar-refractivity contribution in [3.63, 3.8) is 0 Å². The van der Waals surface area contributed by atoms with Crippen LogP contribution in [0.5, 0.6) is 0 Å². The zero-order chi connectivity index (χ0) is 11.7. The fourth-order valence-electron chi connectivity index (χ4n) is 1.53. The fraction of sp³-hybridized carbons (Fsp3) is 0.167. The van der Waals surface area contributed by atoms with Gasteiger partial charge in [0.25, 0.3) is 5.24 Å². The number of rotatable bonds is 2. The van der Waals surface area contributed by atoms with E-state index in [1.165, 1.54) is 6.07 Å². The van der Waals surface area contributed by atoms with Crippen molar-refractivity contribution in [3.8, 4) is 0 Å². The molecule has 1 aromatic carbocycles. The molecule has 0 aliphatic carbocycles. The van der Waals surface area contributed by atoms with E-state index in [4.69, 9.17) is 16.0 Å². The Bertz CT molecular complexity index is 613. The average molecular weight is 237 g/mol. The summed E-state index contributed by atoms with van der Waals surface area (Å²) in [7, 11) is 0. The highest BCUT2D eigenvalue weighted by molar-refractivity contribution is 6.67. The van der Waals surface area contributed by atoms with Gasteiger partial charge in [0.1, 0.15) is 11.1 Å². The molecule has 82 valence electrons. The van der Waals surface area contributed by atoms with E-state index in [1.54, 1.807) is 6.07 Å². The van der Waals surface area contributed by atoms with Crippen LogP contribution < -0.4 is 5.63 Å². The lowest BCUT2D eigenvalue weighted by atomic mass is 10.1. The Morgan fingerprint density at radius 1 is 1.38 bits per heavy atom. The first-order valence-corrected chi connectivity index (χ1v) is 5.26. The highest BCUT2D eigenvalue weighted by Crippen LogP contribution is 2.16. The van der Waals surface area contributed by atoms with E-state index >= 15 is 0 Å². The van der Waals surface area contributed by atoms with Crippen molar-refractivity contribution in [1.29, 1.82) is 0 Å². The van der Waals surface area contributed by atoms with E-state index in [0.717, 1.165) is 12.0 Å². The Balaban J connectivity index is 2.75. The molecule has 0 aliphatic heterocycles. The monoisotopic (exact) mass is 236 g/mol. The molecule has 0 N–H and O–H groups in total. The van der Waals surface area contributed by atoms with Gasteiger partial charge in [-0.25, -0.2) is 4.79 Å². The van der Waals surface area contributed by atoms with E-state index in [1.807, 2.05) is 19.1 Å². The summed E-state index contributed by atoms with van der Waals surface area (Å²) in [6, 6.07) is 6.95. The second kappa shape index (κ2) is 4.10. The molecular formula is C12H9ClO3. The van der Waals surface area contributed by atoms with Gasteiger partial charge in [-0.1, -0.05) is 13.0 Å². The fourth-order valence-corrected chi connectivity index (χ4v) is 1.66. The maximum atomic E-state index is 11.4. The molecule has 0 spiro atoms. The number of carbonyl (C=O) groups excluding carboxylic acids is 1. The molecule has 0 unspecified atom stereocenters. The Morgan fingerprint density at radius 3 is 2.75 bits per heavy atom. The van der Waals surface area contributed by atoms with Crippen LogP contribution in [0.4, 0.5) is 0 Å². The predicted molar refractivity (Wildman–Crippen MR) is 62.0 cm³/mol. The minimum absolute atomic E-state index is 0.123. The van der Waals surface area contributed by atoms with E-state index in [-0.39, 0.29) is 5.56 Å². The first kappa shape index (κ1) is 10.9. The standard InChI is InChI=1S/C12H9ClO3/c1-2-7-3-4-10-8(5-7)6-9(11(13)14)12(15)16-10/h3-6H,2H2,1H3. The summed E-state index contributed by atoms with van der Waals surface area (Å²) in [4.78, 5) is 22.3. The van der Waals surface area contributed by atoms with Gasteiger partial charge in [-0.05, 0) is 41.8 Å². The number of fused-ring (bicyclic) bond motifs is 1. The lowest BCUT2D eigenvalue weighted by molar-refractivity contribution is 0.107. The highest BCUT2D eigenvalue weighted by Gasteiger charge is 2.11. The SMILES string of the molecule is CCc1ccc2oc(=O)c(C(=O)Cl)cc2c1. The number of benzene rings is 1. The summed E-state index contributed by atoms with van der Waals surface area (Å²) in [5.41, 5.74) is 0.748. The van der Waals surface area contributed by atoms with Gasteiger partial charge >= 0.3 is 5.63 Å². The molecule has 3 nitrogen and oxygen atoms in total. The Hall–Kier alpha value is -1.61. The van der Waals surface area contributed by atoms with Crippen molar-refractivity contribution < 1.29 is 9.21 Å². The van der Waals surface area contributed by atoms with Gasteiger partial charge in [-0.3, -0.25) is 4.79 Å². The number of hydrogen-bond donors (Lipinski definition) is 0. The van der Waals surface area contributed by atoms with Crippen LogP contribution in [0.3, 0.4) is 0 Å². The van der Waals surface area contributed by atoms with E-state index in [9.17, 15) is 9.59 Å². The molecule has 0 bridgehead atoms. The highest BCUT2D eigenvalue weighted by atomic mass is 35.5. The first-order valence-electron chi connectivity index (χ1n) is 4.88. The van der Waals surface area contributed by atoms with Crippen LogP contribution in [0.15, 0.2) is 33.5 Å². The van der Waals surface area contributed by atoms with Gasteiger partial charge in [-0.2, -0.15) is 0 Å². The second-order valence-electron chi connectivity index (χ2n) is 3.45. The lowest BCUT2D eigenvalue weighted by Gasteiger charge is -2.01. The van der Waals surface area contributed by atoms with Crippen molar-refractivity contribution in [2.75, 3.05) is 0 Å². The molecular weight excluding hydrogens is 228 g/mol. The van der Waals surface area contributed by atoms with E-state index < -0.39 is 10.9 Å². The van der Waals surface area contributed by atoms with Gasteiger partial charge in [0.15, 0.2) is 0 Å². The Kier molecular flexibility index (Phi) is 2.79. The summed E-state index contributed by atoms with van der Waals surface area (Å²) in [6.45, 7) is 2.02. The third-order valence-electron chi connectivity index (χ3n) is 2.42. The summed E-state index contributed by atoms with van der Waals surface area (Å²) < 4.78 is 4.99. The molecule has 0 saturated carbocycles. The third kappa shape index (κ3) is 1.86. The van der Waals surface area contributed by atoms with E-state index in [2.05, 4.69) is 0 Å².